The van der Waals surface area contributed by atoms with Crippen LogP contribution in [0.1, 0.15) is 26.2 Å². The molecule has 1 fully saturated rings. The van der Waals surface area contributed by atoms with Crippen molar-refractivity contribution >= 4 is 11.8 Å². The molecule has 3 N–H and O–H groups in total. The number of hydrogen-bond acceptors (Lipinski definition) is 3. The first-order chi connectivity index (χ1) is 7.59. The number of rotatable bonds is 6. The highest BCUT2D eigenvalue weighted by Gasteiger charge is 2.17. The van der Waals surface area contributed by atoms with Crippen LogP contribution in [0, 0.1) is 12.3 Å². The van der Waals surface area contributed by atoms with Gasteiger partial charge in [-0.2, -0.15) is 0 Å². The molecule has 2 amide bonds. The fourth-order valence-electron chi connectivity index (χ4n) is 1.49. The first kappa shape index (κ1) is 13.0. The van der Waals surface area contributed by atoms with E-state index in [0.29, 0.717) is 13.0 Å². The van der Waals surface area contributed by atoms with Gasteiger partial charge in [0.25, 0.3) is 0 Å². The van der Waals surface area contributed by atoms with E-state index in [4.69, 9.17) is 10.5 Å². The first-order valence-corrected chi connectivity index (χ1v) is 5.61. The third-order valence-electron chi connectivity index (χ3n) is 2.67. The molecule has 0 spiro atoms. The second kappa shape index (κ2) is 6.48. The summed E-state index contributed by atoms with van der Waals surface area (Å²) in [5.74, 6) is -0.847. The van der Waals surface area contributed by atoms with Gasteiger partial charge in [-0.25, -0.2) is 0 Å². The van der Waals surface area contributed by atoms with Crippen LogP contribution in [-0.4, -0.2) is 31.1 Å². The van der Waals surface area contributed by atoms with E-state index in [-0.39, 0.29) is 23.8 Å². The van der Waals surface area contributed by atoms with Gasteiger partial charge in [0.2, 0.25) is 11.8 Å². The Morgan fingerprint density at radius 1 is 1.62 bits per heavy atom. The van der Waals surface area contributed by atoms with E-state index in [2.05, 4.69) is 5.32 Å². The predicted molar refractivity (Wildman–Crippen MR) is 59.3 cm³/mol. The average molecular weight is 227 g/mol. The third-order valence-corrected chi connectivity index (χ3v) is 2.67. The van der Waals surface area contributed by atoms with Crippen LogP contribution in [0.4, 0.5) is 0 Å². The Morgan fingerprint density at radius 3 is 2.94 bits per heavy atom. The molecule has 1 heterocycles. The summed E-state index contributed by atoms with van der Waals surface area (Å²) in [5, 5.41) is 2.75. The van der Waals surface area contributed by atoms with E-state index in [1.54, 1.807) is 6.92 Å². The SMILES string of the molecule is C[C@@H](C[CH]C(=O)NC[C@H]1CCCO1)C(N)=O. The average Bonchev–Trinajstić information content (AvgIpc) is 2.75. The van der Waals surface area contributed by atoms with Crippen molar-refractivity contribution in [3.63, 3.8) is 0 Å². The van der Waals surface area contributed by atoms with Crippen molar-refractivity contribution in [1.29, 1.82) is 0 Å². The van der Waals surface area contributed by atoms with Crippen molar-refractivity contribution in [3.05, 3.63) is 6.42 Å². The standard InChI is InChI=1S/C11H19N2O3/c1-8(11(12)15)4-5-10(14)13-7-9-3-2-6-16-9/h5,8-9H,2-4,6-7H2,1H3,(H2,12,15)(H,13,14)/t8-,9+/m0/s1. The van der Waals surface area contributed by atoms with Crippen molar-refractivity contribution in [2.75, 3.05) is 13.2 Å². The molecule has 1 aliphatic rings. The van der Waals surface area contributed by atoms with Gasteiger partial charge in [-0.1, -0.05) is 6.92 Å². The van der Waals surface area contributed by atoms with Gasteiger partial charge < -0.3 is 15.8 Å². The summed E-state index contributed by atoms with van der Waals surface area (Å²) >= 11 is 0. The maximum absolute atomic E-state index is 11.4. The number of carbonyl (C=O) groups excluding carboxylic acids is 2. The zero-order valence-electron chi connectivity index (χ0n) is 9.57. The predicted octanol–water partition coefficient (Wildman–Crippen LogP) is -0.00261. The summed E-state index contributed by atoms with van der Waals surface area (Å²) in [6, 6.07) is 0. The number of primary amides is 1. The number of amides is 2. The van der Waals surface area contributed by atoms with E-state index >= 15 is 0 Å². The van der Waals surface area contributed by atoms with Gasteiger partial charge >= 0.3 is 0 Å². The van der Waals surface area contributed by atoms with Gasteiger partial charge in [-0.15, -0.1) is 0 Å². The van der Waals surface area contributed by atoms with E-state index in [9.17, 15) is 9.59 Å². The Balaban J connectivity index is 2.08. The Morgan fingerprint density at radius 2 is 2.38 bits per heavy atom. The highest BCUT2D eigenvalue weighted by atomic mass is 16.5. The van der Waals surface area contributed by atoms with Crippen molar-refractivity contribution in [2.45, 2.75) is 32.3 Å². The first-order valence-electron chi connectivity index (χ1n) is 5.61. The third kappa shape index (κ3) is 4.61. The summed E-state index contributed by atoms with van der Waals surface area (Å²) in [6.07, 6.45) is 4.05. The molecule has 0 aromatic heterocycles. The summed E-state index contributed by atoms with van der Waals surface area (Å²) in [7, 11) is 0. The number of ether oxygens (including phenoxy) is 1. The second-order valence-corrected chi connectivity index (χ2v) is 4.12. The lowest BCUT2D eigenvalue weighted by Gasteiger charge is -2.11. The lowest BCUT2D eigenvalue weighted by molar-refractivity contribution is -0.121. The maximum atomic E-state index is 11.4. The Bertz CT molecular complexity index is 250. The van der Waals surface area contributed by atoms with Crippen LogP contribution in [0.2, 0.25) is 0 Å². The molecule has 0 saturated carbocycles. The Kier molecular flexibility index (Phi) is 5.25. The molecular weight excluding hydrogens is 208 g/mol. The van der Waals surface area contributed by atoms with Crippen LogP contribution in [0.3, 0.4) is 0 Å². The minimum absolute atomic E-state index is 0.144. The minimum atomic E-state index is -0.386. The summed E-state index contributed by atoms with van der Waals surface area (Å²) in [6.45, 7) is 3.02. The molecule has 5 nitrogen and oxygen atoms in total. The molecule has 0 aromatic rings. The molecular formula is C11H19N2O3. The zero-order chi connectivity index (χ0) is 12.0. The van der Waals surface area contributed by atoms with Gasteiger partial charge in [0.1, 0.15) is 0 Å². The molecule has 0 aromatic carbocycles. The molecule has 16 heavy (non-hydrogen) atoms. The second-order valence-electron chi connectivity index (χ2n) is 4.12. The van der Waals surface area contributed by atoms with Crippen LogP contribution in [0.5, 0.6) is 0 Å². The maximum Gasteiger partial charge on any atom is 0.224 e. The Hall–Kier alpha value is -1.10. The van der Waals surface area contributed by atoms with E-state index in [1.807, 2.05) is 0 Å². The number of nitrogens with two attached hydrogens (primary N) is 1. The fraction of sp³-hybridized carbons (Fsp3) is 0.727. The topological polar surface area (TPSA) is 81.4 Å². The number of nitrogens with one attached hydrogen (secondary N) is 1. The van der Waals surface area contributed by atoms with E-state index < -0.39 is 0 Å². The highest BCUT2D eigenvalue weighted by molar-refractivity contribution is 5.85. The molecule has 1 saturated heterocycles. The zero-order valence-corrected chi connectivity index (χ0v) is 9.57. The van der Waals surface area contributed by atoms with Gasteiger partial charge in [0, 0.05) is 19.1 Å². The van der Waals surface area contributed by atoms with Crippen molar-refractivity contribution in [2.24, 2.45) is 11.7 Å². The lowest BCUT2D eigenvalue weighted by atomic mass is 10.1. The van der Waals surface area contributed by atoms with Gasteiger partial charge in [0.15, 0.2) is 0 Å². The molecule has 1 radical (unpaired) electrons. The van der Waals surface area contributed by atoms with Crippen LogP contribution >= 0.6 is 0 Å². The molecule has 91 valence electrons. The number of carbonyl (C=O) groups is 2. The molecule has 2 atom stereocenters. The largest absolute Gasteiger partial charge is 0.376 e. The Labute approximate surface area is 95.7 Å². The molecule has 0 bridgehead atoms. The fourth-order valence-corrected chi connectivity index (χ4v) is 1.49. The molecule has 1 rings (SSSR count). The summed E-state index contributed by atoms with van der Waals surface area (Å²) < 4.78 is 5.36. The van der Waals surface area contributed by atoms with Crippen molar-refractivity contribution in [3.8, 4) is 0 Å². The smallest absolute Gasteiger partial charge is 0.224 e. The van der Waals surface area contributed by atoms with Crippen LogP contribution in [0.25, 0.3) is 0 Å². The van der Waals surface area contributed by atoms with Crippen LogP contribution < -0.4 is 11.1 Å². The monoisotopic (exact) mass is 227 g/mol. The van der Waals surface area contributed by atoms with E-state index in [1.165, 1.54) is 6.42 Å². The summed E-state index contributed by atoms with van der Waals surface area (Å²) in [4.78, 5) is 22.1. The van der Waals surface area contributed by atoms with Crippen LogP contribution in [0.15, 0.2) is 0 Å². The van der Waals surface area contributed by atoms with Gasteiger partial charge in [-0.05, 0) is 19.3 Å². The lowest BCUT2D eigenvalue weighted by Crippen LogP contribution is -2.32. The van der Waals surface area contributed by atoms with Gasteiger partial charge in [-0.3, -0.25) is 9.59 Å². The quantitative estimate of drug-likeness (QED) is 0.670. The number of hydrogen-bond donors (Lipinski definition) is 2. The highest BCUT2D eigenvalue weighted by Crippen LogP contribution is 2.10. The molecule has 0 aliphatic carbocycles. The van der Waals surface area contributed by atoms with Gasteiger partial charge in [0.05, 0.1) is 12.5 Å². The minimum Gasteiger partial charge on any atom is -0.376 e. The molecule has 1 aliphatic heterocycles. The molecule has 5 heteroatoms. The summed E-state index contributed by atoms with van der Waals surface area (Å²) in [5.41, 5.74) is 5.09. The van der Waals surface area contributed by atoms with Crippen LogP contribution in [-0.2, 0) is 14.3 Å². The van der Waals surface area contributed by atoms with Crippen molar-refractivity contribution in [1.82, 2.24) is 5.32 Å². The molecule has 0 unspecified atom stereocenters. The normalized spacial score (nSPS) is 21.7. The van der Waals surface area contributed by atoms with E-state index in [0.717, 1.165) is 19.4 Å². The van der Waals surface area contributed by atoms with Crippen molar-refractivity contribution < 1.29 is 14.3 Å².